The molecule has 1 aromatic rings. The van der Waals surface area contributed by atoms with Crippen LogP contribution in [0.15, 0.2) is 41.6 Å². The van der Waals surface area contributed by atoms with Crippen LogP contribution in [-0.2, 0) is 0 Å². The van der Waals surface area contributed by atoms with Gasteiger partial charge in [0.1, 0.15) is 0 Å². The Kier molecular flexibility index (Phi) is 3.78. The molecule has 1 nitrogen and oxygen atoms in total. The molecule has 1 aliphatic rings. The van der Waals surface area contributed by atoms with Gasteiger partial charge in [-0.25, -0.2) is 0 Å². The van der Waals surface area contributed by atoms with Crippen molar-refractivity contribution < 1.29 is 4.80 Å². The van der Waals surface area contributed by atoms with E-state index in [2.05, 4.69) is 39.0 Å². The Morgan fingerprint density at radius 2 is 1.72 bits per heavy atom. The van der Waals surface area contributed by atoms with Crippen LogP contribution in [0.4, 0.5) is 0 Å². The Labute approximate surface area is 112 Å². The summed E-state index contributed by atoms with van der Waals surface area (Å²) >= 11 is 0. The van der Waals surface area contributed by atoms with Crippen LogP contribution in [0.5, 0.6) is 0 Å². The second-order valence-electron chi connectivity index (χ2n) is 6.30. The molecule has 0 saturated carbocycles. The molecule has 2 heteroatoms. The largest absolute Gasteiger partial charge is 0.424 e. The van der Waals surface area contributed by atoms with E-state index in [9.17, 15) is 4.80 Å². The summed E-state index contributed by atoms with van der Waals surface area (Å²) < 4.78 is 0. The quantitative estimate of drug-likeness (QED) is 0.804. The van der Waals surface area contributed by atoms with Crippen molar-refractivity contribution in [2.24, 2.45) is 0 Å². The van der Waals surface area contributed by atoms with Gasteiger partial charge in [0.15, 0.2) is 0 Å². The minimum Gasteiger partial charge on any atom is -0.424 e. The summed E-state index contributed by atoms with van der Waals surface area (Å²) in [5, 5.41) is 2.44. The zero-order valence-electron chi connectivity index (χ0n) is 11.7. The first-order chi connectivity index (χ1) is 8.46. The number of hydrogen-bond acceptors (Lipinski definition) is 1. The number of hydrogen-bond donors (Lipinski definition) is 1. The standard InChI is InChI=1S/C16H24OSi/c1-16(2,3)18(17,14-10-6-4-7-11-14)15-12-8-5-9-13-15/h4,6-7,10-12,17H,5,8-9,13H2,1-3H3. The number of benzene rings is 1. The highest BCUT2D eigenvalue weighted by Crippen LogP contribution is 2.41. The molecule has 1 N–H and O–H groups in total. The van der Waals surface area contributed by atoms with Crippen LogP contribution < -0.4 is 5.19 Å². The second kappa shape index (κ2) is 5.02. The SMILES string of the molecule is CC(C)(C)[Si](O)(C1=CCCCC1)c1ccccc1. The third kappa shape index (κ3) is 2.32. The van der Waals surface area contributed by atoms with E-state index in [1.165, 1.54) is 18.0 Å². The van der Waals surface area contributed by atoms with E-state index in [0.717, 1.165) is 18.0 Å². The first-order valence-electron chi connectivity index (χ1n) is 6.93. The summed E-state index contributed by atoms with van der Waals surface area (Å²) in [5.41, 5.74) is 0. The van der Waals surface area contributed by atoms with Crippen molar-refractivity contribution in [3.63, 3.8) is 0 Å². The first-order valence-corrected chi connectivity index (χ1v) is 8.88. The fourth-order valence-corrected chi connectivity index (χ4v) is 6.80. The Morgan fingerprint density at radius 1 is 1.06 bits per heavy atom. The minimum absolute atomic E-state index is 0.0580. The molecule has 0 aromatic heterocycles. The van der Waals surface area contributed by atoms with Crippen LogP contribution >= 0.6 is 0 Å². The van der Waals surface area contributed by atoms with Crippen molar-refractivity contribution in [2.75, 3.05) is 0 Å². The zero-order chi connectivity index (χ0) is 13.2. The fraction of sp³-hybridized carbons (Fsp3) is 0.500. The minimum atomic E-state index is -2.57. The monoisotopic (exact) mass is 260 g/mol. The van der Waals surface area contributed by atoms with Gasteiger partial charge in [0, 0.05) is 0 Å². The number of allylic oxidation sites excluding steroid dienone is 2. The summed E-state index contributed by atoms with van der Waals surface area (Å²) in [6, 6.07) is 10.3. The average Bonchev–Trinajstić information content (AvgIpc) is 2.38. The predicted octanol–water partition coefficient (Wildman–Crippen LogP) is 3.67. The van der Waals surface area contributed by atoms with Gasteiger partial charge in [0.05, 0.1) is 0 Å². The van der Waals surface area contributed by atoms with E-state index < -0.39 is 8.32 Å². The van der Waals surface area contributed by atoms with Crippen molar-refractivity contribution in [1.29, 1.82) is 0 Å². The molecule has 2 rings (SSSR count). The molecule has 0 aliphatic heterocycles. The van der Waals surface area contributed by atoms with Gasteiger partial charge in [-0.05, 0) is 35.9 Å². The van der Waals surface area contributed by atoms with Crippen LogP contribution in [-0.4, -0.2) is 13.1 Å². The molecular formula is C16H24OSi. The topological polar surface area (TPSA) is 20.2 Å². The Hall–Kier alpha value is -0.863. The third-order valence-corrected chi connectivity index (χ3v) is 8.76. The van der Waals surface area contributed by atoms with Crippen molar-refractivity contribution in [3.05, 3.63) is 41.6 Å². The van der Waals surface area contributed by atoms with Gasteiger partial charge in [-0.2, -0.15) is 0 Å². The highest BCUT2D eigenvalue weighted by atomic mass is 28.4. The lowest BCUT2D eigenvalue weighted by atomic mass is 10.1. The average molecular weight is 260 g/mol. The van der Waals surface area contributed by atoms with Gasteiger partial charge in [-0.15, -0.1) is 0 Å². The number of rotatable bonds is 2. The molecule has 0 heterocycles. The van der Waals surface area contributed by atoms with E-state index in [-0.39, 0.29) is 5.04 Å². The molecule has 0 spiro atoms. The molecule has 1 unspecified atom stereocenters. The maximum atomic E-state index is 11.5. The normalized spacial score (nSPS) is 20.1. The summed E-state index contributed by atoms with van der Waals surface area (Å²) in [5.74, 6) is 0. The van der Waals surface area contributed by atoms with Gasteiger partial charge in [0.25, 0.3) is 8.32 Å². The molecule has 0 radical (unpaired) electrons. The van der Waals surface area contributed by atoms with Gasteiger partial charge in [-0.3, -0.25) is 0 Å². The lowest BCUT2D eigenvalue weighted by Gasteiger charge is -2.41. The molecule has 1 atom stereocenters. The lowest BCUT2D eigenvalue weighted by Crippen LogP contribution is -2.57. The Bertz CT molecular complexity index is 430. The van der Waals surface area contributed by atoms with E-state index >= 15 is 0 Å². The van der Waals surface area contributed by atoms with E-state index in [1.54, 1.807) is 0 Å². The summed E-state index contributed by atoms with van der Waals surface area (Å²) in [7, 11) is -2.57. The van der Waals surface area contributed by atoms with Crippen LogP contribution in [0.2, 0.25) is 5.04 Å². The van der Waals surface area contributed by atoms with Gasteiger partial charge >= 0.3 is 0 Å². The van der Waals surface area contributed by atoms with Crippen LogP contribution in [0.25, 0.3) is 0 Å². The van der Waals surface area contributed by atoms with E-state index in [4.69, 9.17) is 0 Å². The van der Waals surface area contributed by atoms with Gasteiger partial charge < -0.3 is 4.80 Å². The molecule has 0 bridgehead atoms. The van der Waals surface area contributed by atoms with Crippen molar-refractivity contribution >= 4 is 13.5 Å². The van der Waals surface area contributed by atoms with Crippen molar-refractivity contribution in [2.45, 2.75) is 51.5 Å². The molecule has 1 aromatic carbocycles. The van der Waals surface area contributed by atoms with Gasteiger partial charge in [-0.1, -0.05) is 62.4 Å². The maximum Gasteiger partial charge on any atom is 0.253 e. The fourth-order valence-electron chi connectivity index (χ4n) is 2.95. The third-order valence-electron chi connectivity index (χ3n) is 4.03. The maximum absolute atomic E-state index is 11.5. The molecule has 18 heavy (non-hydrogen) atoms. The highest BCUT2D eigenvalue weighted by molar-refractivity contribution is 6.93. The predicted molar refractivity (Wildman–Crippen MR) is 80.3 cm³/mol. The molecule has 0 saturated heterocycles. The highest BCUT2D eigenvalue weighted by Gasteiger charge is 2.48. The van der Waals surface area contributed by atoms with E-state index in [1.807, 2.05) is 18.2 Å². The zero-order valence-corrected chi connectivity index (χ0v) is 12.7. The van der Waals surface area contributed by atoms with Crippen LogP contribution in [0.1, 0.15) is 46.5 Å². The second-order valence-corrected chi connectivity index (χ2v) is 10.4. The van der Waals surface area contributed by atoms with Gasteiger partial charge in [0.2, 0.25) is 0 Å². The summed E-state index contributed by atoms with van der Waals surface area (Å²) in [4.78, 5) is 11.5. The van der Waals surface area contributed by atoms with Crippen molar-refractivity contribution in [3.8, 4) is 0 Å². The van der Waals surface area contributed by atoms with Crippen LogP contribution in [0.3, 0.4) is 0 Å². The molecule has 0 amide bonds. The van der Waals surface area contributed by atoms with E-state index in [0.29, 0.717) is 0 Å². The molecule has 98 valence electrons. The molecule has 1 aliphatic carbocycles. The van der Waals surface area contributed by atoms with Crippen LogP contribution in [0, 0.1) is 0 Å². The van der Waals surface area contributed by atoms with Crippen molar-refractivity contribution in [1.82, 2.24) is 0 Å². The lowest BCUT2D eigenvalue weighted by molar-refractivity contribution is 0.491. The summed E-state index contributed by atoms with van der Waals surface area (Å²) in [6.07, 6.45) is 7.02. The molecule has 0 fully saturated rings. The Morgan fingerprint density at radius 3 is 2.22 bits per heavy atom. The summed E-state index contributed by atoms with van der Waals surface area (Å²) in [6.45, 7) is 6.55. The smallest absolute Gasteiger partial charge is 0.253 e. The Balaban J connectivity index is 2.51. The molecular weight excluding hydrogens is 236 g/mol. The first kappa shape index (κ1) is 13.6.